The molecule has 1 fully saturated rings. The van der Waals surface area contributed by atoms with E-state index in [2.05, 4.69) is 14.7 Å². The lowest BCUT2D eigenvalue weighted by Gasteiger charge is -2.43. The molecule has 3 aromatic rings. The van der Waals surface area contributed by atoms with Gasteiger partial charge in [-0.25, -0.2) is 5.06 Å². The van der Waals surface area contributed by atoms with Crippen LogP contribution < -0.4 is 0 Å². The van der Waals surface area contributed by atoms with Crippen LogP contribution in [0.3, 0.4) is 0 Å². The first kappa shape index (κ1) is 22.3. The van der Waals surface area contributed by atoms with E-state index >= 15 is 0 Å². The molecule has 4 rings (SSSR count). The number of carbonyl (C=O) groups is 1. The minimum Gasteiger partial charge on any atom is -0.329 e. The van der Waals surface area contributed by atoms with Crippen molar-refractivity contribution in [3.8, 4) is 11.4 Å². The molecule has 0 aliphatic heterocycles. The SMILES string of the molecule is CON(Cc1ccc(-c2noc(C(F)(F)F)n2)cc1)C(=O)C1(c2ccc(Cl)cc2)CCC1. The number of nitrogens with zero attached hydrogens (tertiary/aromatic N) is 3. The van der Waals surface area contributed by atoms with E-state index < -0.39 is 17.5 Å². The fourth-order valence-electron chi connectivity index (χ4n) is 3.76. The third-order valence-corrected chi connectivity index (χ3v) is 5.92. The third-order valence-electron chi connectivity index (χ3n) is 5.67. The van der Waals surface area contributed by atoms with Crippen LogP contribution in [0.4, 0.5) is 13.2 Å². The van der Waals surface area contributed by atoms with Crippen LogP contribution in [0.15, 0.2) is 53.1 Å². The maximum absolute atomic E-state index is 13.4. The maximum atomic E-state index is 13.4. The summed E-state index contributed by atoms with van der Waals surface area (Å²) in [6.07, 6.45) is -2.34. The van der Waals surface area contributed by atoms with Crippen LogP contribution in [0.2, 0.25) is 5.02 Å². The van der Waals surface area contributed by atoms with Gasteiger partial charge in [0.1, 0.15) is 0 Å². The lowest BCUT2D eigenvalue weighted by Crippen LogP contribution is -2.50. The monoisotopic (exact) mass is 465 g/mol. The summed E-state index contributed by atoms with van der Waals surface area (Å²) in [6, 6.07) is 13.7. The Morgan fingerprint density at radius 1 is 1.16 bits per heavy atom. The van der Waals surface area contributed by atoms with Gasteiger partial charge in [-0.05, 0) is 36.1 Å². The molecule has 6 nitrogen and oxygen atoms in total. The summed E-state index contributed by atoms with van der Waals surface area (Å²) in [5.74, 6) is -1.72. The summed E-state index contributed by atoms with van der Waals surface area (Å²) >= 11 is 5.99. The number of alkyl halides is 3. The summed E-state index contributed by atoms with van der Waals surface area (Å²) in [5.41, 5.74) is 1.33. The Balaban J connectivity index is 1.50. The highest BCUT2D eigenvalue weighted by Crippen LogP contribution is 2.45. The highest BCUT2D eigenvalue weighted by Gasteiger charge is 2.48. The van der Waals surface area contributed by atoms with E-state index in [1.165, 1.54) is 12.2 Å². The van der Waals surface area contributed by atoms with Gasteiger partial charge in [-0.15, -0.1) is 0 Å². The number of carbonyl (C=O) groups excluding carboxylic acids is 1. The van der Waals surface area contributed by atoms with Crippen LogP contribution in [-0.4, -0.2) is 28.2 Å². The van der Waals surface area contributed by atoms with Crippen molar-refractivity contribution < 1.29 is 27.3 Å². The minimum absolute atomic E-state index is 0.148. The Kier molecular flexibility index (Phi) is 5.96. The first-order valence-corrected chi connectivity index (χ1v) is 10.2. The number of hydroxylamine groups is 2. The molecular weight excluding hydrogens is 447 g/mol. The molecule has 0 saturated heterocycles. The summed E-state index contributed by atoms with van der Waals surface area (Å²) in [4.78, 5) is 22.2. The van der Waals surface area contributed by atoms with E-state index in [9.17, 15) is 18.0 Å². The van der Waals surface area contributed by atoms with Gasteiger partial charge in [-0.3, -0.25) is 9.63 Å². The molecule has 0 spiro atoms. The normalized spacial score (nSPS) is 15.3. The first-order chi connectivity index (χ1) is 15.2. The number of amides is 1. The zero-order valence-electron chi connectivity index (χ0n) is 17.0. The molecule has 0 bridgehead atoms. The highest BCUT2D eigenvalue weighted by molar-refractivity contribution is 6.30. The van der Waals surface area contributed by atoms with Crippen LogP contribution in [0.1, 0.15) is 36.3 Å². The number of aromatic nitrogens is 2. The molecule has 0 N–H and O–H groups in total. The van der Waals surface area contributed by atoms with Crippen molar-refractivity contribution in [3.05, 3.63) is 70.6 Å². The van der Waals surface area contributed by atoms with E-state index in [0.29, 0.717) is 23.4 Å². The Bertz CT molecular complexity index is 1090. The van der Waals surface area contributed by atoms with E-state index in [4.69, 9.17) is 16.4 Å². The smallest absolute Gasteiger partial charge is 0.329 e. The quantitative estimate of drug-likeness (QED) is 0.455. The van der Waals surface area contributed by atoms with Crippen molar-refractivity contribution in [1.82, 2.24) is 15.2 Å². The maximum Gasteiger partial charge on any atom is 0.471 e. The van der Waals surface area contributed by atoms with Crippen molar-refractivity contribution in [2.24, 2.45) is 0 Å². The predicted molar refractivity (Wildman–Crippen MR) is 109 cm³/mol. The zero-order valence-corrected chi connectivity index (χ0v) is 17.8. The molecule has 1 aliphatic rings. The topological polar surface area (TPSA) is 68.5 Å². The van der Waals surface area contributed by atoms with Crippen LogP contribution in [0.5, 0.6) is 0 Å². The summed E-state index contributed by atoms with van der Waals surface area (Å²) in [7, 11) is 1.43. The van der Waals surface area contributed by atoms with Crippen molar-refractivity contribution in [2.45, 2.75) is 37.4 Å². The molecule has 1 heterocycles. The average Bonchev–Trinajstić information content (AvgIpc) is 3.24. The Morgan fingerprint density at radius 3 is 2.31 bits per heavy atom. The highest BCUT2D eigenvalue weighted by atomic mass is 35.5. The fourth-order valence-corrected chi connectivity index (χ4v) is 3.89. The molecule has 1 aliphatic carbocycles. The van der Waals surface area contributed by atoms with Crippen LogP contribution in [0, 0.1) is 0 Å². The number of hydrogen-bond donors (Lipinski definition) is 0. The lowest BCUT2D eigenvalue weighted by atomic mass is 9.63. The van der Waals surface area contributed by atoms with Gasteiger partial charge in [0.15, 0.2) is 0 Å². The van der Waals surface area contributed by atoms with Gasteiger partial charge in [0.2, 0.25) is 5.82 Å². The van der Waals surface area contributed by atoms with Crippen molar-refractivity contribution in [2.75, 3.05) is 7.11 Å². The van der Waals surface area contributed by atoms with E-state index in [1.807, 2.05) is 12.1 Å². The summed E-state index contributed by atoms with van der Waals surface area (Å²) < 4.78 is 42.2. The number of halogens is 4. The van der Waals surface area contributed by atoms with Crippen LogP contribution in [0.25, 0.3) is 11.4 Å². The minimum atomic E-state index is -4.70. The van der Waals surface area contributed by atoms with E-state index in [0.717, 1.165) is 17.5 Å². The standard InChI is InChI=1S/C22H19ClF3N3O3/c1-31-29(20(30)21(11-2-12-21)16-7-9-17(23)10-8-16)13-14-3-5-15(6-4-14)18-27-19(32-28-18)22(24,25)26/h3-10H,2,11-13H2,1H3. The largest absolute Gasteiger partial charge is 0.471 e. The van der Waals surface area contributed by atoms with Gasteiger partial charge in [-0.1, -0.05) is 59.6 Å². The van der Waals surface area contributed by atoms with Gasteiger partial charge >= 0.3 is 12.1 Å². The predicted octanol–water partition coefficient (Wildman–Crippen LogP) is 5.42. The molecule has 2 aromatic carbocycles. The molecule has 0 unspecified atom stereocenters. The van der Waals surface area contributed by atoms with Gasteiger partial charge in [0, 0.05) is 10.6 Å². The van der Waals surface area contributed by atoms with Gasteiger partial charge in [0.25, 0.3) is 5.91 Å². The van der Waals surface area contributed by atoms with Gasteiger partial charge in [-0.2, -0.15) is 18.2 Å². The summed E-state index contributed by atoms with van der Waals surface area (Å²) in [5, 5.41) is 5.28. The second-order valence-electron chi connectivity index (χ2n) is 7.58. The van der Waals surface area contributed by atoms with E-state index in [-0.39, 0.29) is 18.3 Å². The molecular formula is C22H19ClF3N3O3. The second-order valence-corrected chi connectivity index (χ2v) is 8.02. The van der Waals surface area contributed by atoms with Crippen LogP contribution in [-0.2, 0) is 27.8 Å². The second kappa shape index (κ2) is 8.55. The van der Waals surface area contributed by atoms with Crippen LogP contribution >= 0.6 is 11.6 Å². The first-order valence-electron chi connectivity index (χ1n) is 9.85. The molecule has 1 amide bonds. The Labute approximate surface area is 186 Å². The van der Waals surface area contributed by atoms with Crippen molar-refractivity contribution >= 4 is 17.5 Å². The van der Waals surface area contributed by atoms with Gasteiger partial charge < -0.3 is 4.52 Å². The fraction of sp³-hybridized carbons (Fsp3) is 0.318. The molecule has 1 saturated carbocycles. The van der Waals surface area contributed by atoms with Crippen molar-refractivity contribution in [1.29, 1.82) is 0 Å². The summed E-state index contributed by atoms with van der Waals surface area (Å²) in [6.45, 7) is 0.172. The zero-order chi connectivity index (χ0) is 22.9. The number of hydrogen-bond acceptors (Lipinski definition) is 5. The molecule has 0 radical (unpaired) electrons. The Morgan fingerprint density at radius 2 is 1.81 bits per heavy atom. The lowest BCUT2D eigenvalue weighted by molar-refractivity contribution is -0.189. The van der Waals surface area contributed by atoms with Gasteiger partial charge in [0.05, 0.1) is 19.1 Å². The molecule has 10 heteroatoms. The number of rotatable bonds is 6. The molecule has 32 heavy (non-hydrogen) atoms. The van der Waals surface area contributed by atoms with Crippen molar-refractivity contribution in [3.63, 3.8) is 0 Å². The van der Waals surface area contributed by atoms with E-state index in [1.54, 1.807) is 36.4 Å². The Hall–Kier alpha value is -2.91. The average molecular weight is 466 g/mol. The molecule has 0 atom stereocenters. The molecule has 168 valence electrons. The third kappa shape index (κ3) is 4.22. The number of benzene rings is 2. The molecule has 1 aromatic heterocycles.